The van der Waals surface area contributed by atoms with Crippen LogP contribution in [0.3, 0.4) is 0 Å². The van der Waals surface area contributed by atoms with E-state index in [9.17, 15) is 9.59 Å². The van der Waals surface area contributed by atoms with E-state index in [0.29, 0.717) is 39.3 Å². The zero-order valence-corrected chi connectivity index (χ0v) is 22.1. The van der Waals surface area contributed by atoms with E-state index in [1.165, 1.54) is 28.9 Å². The van der Waals surface area contributed by atoms with Gasteiger partial charge < -0.3 is 19.4 Å². The summed E-state index contributed by atoms with van der Waals surface area (Å²) in [6, 6.07) is 10.7. The van der Waals surface area contributed by atoms with Crippen LogP contribution < -0.4 is 4.90 Å². The molecule has 1 aliphatic carbocycles. The Hall–Kier alpha value is -2.97. The minimum Gasteiger partial charge on any atom is -0.378 e. The van der Waals surface area contributed by atoms with E-state index in [-0.39, 0.29) is 11.8 Å². The SMILES string of the molecule is O=C1CCCN1CCCN(Cc1cc2cc3c(cc2nc1N1CCOCC1)CCC3)C(=O)c1cccs1. The lowest BCUT2D eigenvalue weighted by Crippen LogP contribution is -2.39. The quantitative estimate of drug-likeness (QED) is 0.446. The molecule has 6 rings (SSSR count). The van der Waals surface area contributed by atoms with Crippen molar-refractivity contribution in [3.05, 3.63) is 57.3 Å². The zero-order chi connectivity index (χ0) is 25.2. The second-order valence-corrected chi connectivity index (χ2v) is 11.2. The third-order valence-corrected chi connectivity index (χ3v) is 8.66. The average Bonchev–Trinajstić information content (AvgIpc) is 3.69. The van der Waals surface area contributed by atoms with Crippen molar-refractivity contribution in [2.24, 2.45) is 0 Å². The molecular weight excluding hydrogens is 484 g/mol. The molecule has 2 saturated heterocycles. The number of hydrogen-bond acceptors (Lipinski definition) is 6. The molecule has 0 spiro atoms. The molecule has 3 aliphatic rings. The van der Waals surface area contributed by atoms with Crippen molar-refractivity contribution in [1.82, 2.24) is 14.8 Å². The van der Waals surface area contributed by atoms with E-state index in [1.807, 2.05) is 27.3 Å². The molecule has 2 aliphatic heterocycles. The maximum atomic E-state index is 13.6. The minimum absolute atomic E-state index is 0.0460. The van der Waals surface area contributed by atoms with Crippen LogP contribution in [0.15, 0.2) is 35.7 Å². The van der Waals surface area contributed by atoms with Gasteiger partial charge in [0.2, 0.25) is 5.91 Å². The predicted octanol–water partition coefficient (Wildman–Crippen LogP) is 4.28. The number of thiophene rings is 1. The van der Waals surface area contributed by atoms with Crippen molar-refractivity contribution in [3.63, 3.8) is 0 Å². The highest BCUT2D eigenvalue weighted by Crippen LogP contribution is 2.31. The van der Waals surface area contributed by atoms with Crippen LogP contribution in [0, 0.1) is 0 Å². The Morgan fingerprint density at radius 1 is 1.05 bits per heavy atom. The molecule has 3 aromatic rings. The maximum absolute atomic E-state index is 13.6. The number of pyridine rings is 1. The Bertz CT molecular complexity index is 1290. The smallest absolute Gasteiger partial charge is 0.264 e. The molecule has 0 bridgehead atoms. The Kier molecular flexibility index (Phi) is 7.11. The molecule has 0 radical (unpaired) electrons. The summed E-state index contributed by atoms with van der Waals surface area (Å²) in [5, 5.41) is 3.10. The van der Waals surface area contributed by atoms with E-state index < -0.39 is 0 Å². The van der Waals surface area contributed by atoms with Gasteiger partial charge in [0.15, 0.2) is 0 Å². The number of nitrogens with zero attached hydrogens (tertiary/aromatic N) is 4. The fraction of sp³-hybridized carbons (Fsp3) is 0.483. The molecular formula is C29H34N4O3S. The number of likely N-dealkylation sites (tertiary alicyclic amines) is 1. The number of morpholine rings is 1. The van der Waals surface area contributed by atoms with E-state index in [0.717, 1.165) is 72.5 Å². The zero-order valence-electron chi connectivity index (χ0n) is 21.3. The van der Waals surface area contributed by atoms with Gasteiger partial charge >= 0.3 is 0 Å². The number of anilines is 1. The lowest BCUT2D eigenvalue weighted by Gasteiger charge is -2.31. The minimum atomic E-state index is 0.0460. The lowest BCUT2D eigenvalue weighted by molar-refractivity contribution is -0.127. The van der Waals surface area contributed by atoms with Crippen molar-refractivity contribution in [3.8, 4) is 0 Å². The summed E-state index contributed by atoms with van der Waals surface area (Å²) in [5.41, 5.74) is 4.97. The first-order valence-electron chi connectivity index (χ1n) is 13.5. The normalized spacial score (nSPS) is 17.6. The maximum Gasteiger partial charge on any atom is 0.264 e. The third kappa shape index (κ3) is 5.22. The molecule has 2 amide bonds. The lowest BCUT2D eigenvalue weighted by atomic mass is 10.0. The fourth-order valence-electron chi connectivity index (χ4n) is 5.85. The Balaban J connectivity index is 1.32. The Morgan fingerprint density at radius 3 is 2.65 bits per heavy atom. The highest BCUT2D eigenvalue weighted by Gasteiger charge is 2.25. The van der Waals surface area contributed by atoms with Crippen LogP contribution in [-0.4, -0.2) is 72.5 Å². The fourth-order valence-corrected chi connectivity index (χ4v) is 6.54. The topological polar surface area (TPSA) is 66.0 Å². The van der Waals surface area contributed by atoms with Crippen LogP contribution in [-0.2, 0) is 28.9 Å². The second-order valence-electron chi connectivity index (χ2n) is 10.3. The molecule has 4 heterocycles. The summed E-state index contributed by atoms with van der Waals surface area (Å²) in [6.45, 7) is 5.60. The first-order chi connectivity index (χ1) is 18.2. The van der Waals surface area contributed by atoms with Gasteiger partial charge in [-0.15, -0.1) is 11.3 Å². The summed E-state index contributed by atoms with van der Waals surface area (Å²) >= 11 is 1.48. The van der Waals surface area contributed by atoms with Gasteiger partial charge in [0.1, 0.15) is 5.82 Å². The first kappa shape index (κ1) is 24.4. The van der Waals surface area contributed by atoms with Gasteiger partial charge in [-0.3, -0.25) is 9.59 Å². The molecule has 37 heavy (non-hydrogen) atoms. The molecule has 7 nitrogen and oxygen atoms in total. The molecule has 0 saturated carbocycles. The van der Waals surface area contributed by atoms with Gasteiger partial charge in [-0.05, 0) is 72.9 Å². The van der Waals surface area contributed by atoms with Crippen molar-refractivity contribution in [2.45, 2.75) is 45.1 Å². The number of benzene rings is 1. The predicted molar refractivity (Wildman–Crippen MR) is 146 cm³/mol. The van der Waals surface area contributed by atoms with Gasteiger partial charge in [-0.2, -0.15) is 0 Å². The summed E-state index contributed by atoms with van der Waals surface area (Å²) in [4.78, 5) is 37.8. The highest BCUT2D eigenvalue weighted by atomic mass is 32.1. The van der Waals surface area contributed by atoms with Crippen LogP contribution in [0.4, 0.5) is 5.82 Å². The number of amides is 2. The second kappa shape index (κ2) is 10.8. The van der Waals surface area contributed by atoms with E-state index >= 15 is 0 Å². The summed E-state index contributed by atoms with van der Waals surface area (Å²) in [5.74, 6) is 1.24. The van der Waals surface area contributed by atoms with Gasteiger partial charge in [0.05, 0.1) is 23.6 Å². The molecule has 8 heteroatoms. The standard InChI is InChI=1S/C29H34N4O3S/c34-27-8-2-9-31(27)10-4-11-33(29(35)26-7-3-16-37-26)20-24-18-23-17-21-5-1-6-22(21)19-25(23)30-28(24)32-12-14-36-15-13-32/h3,7,16-19H,1-2,4-6,8-15,20H2. The van der Waals surface area contributed by atoms with Gasteiger partial charge in [-0.25, -0.2) is 4.98 Å². The molecule has 2 fully saturated rings. The molecule has 1 aromatic carbocycles. The third-order valence-electron chi connectivity index (χ3n) is 7.80. The van der Waals surface area contributed by atoms with Crippen LogP contribution >= 0.6 is 11.3 Å². The molecule has 0 atom stereocenters. The van der Waals surface area contributed by atoms with E-state index in [2.05, 4.69) is 23.1 Å². The first-order valence-corrected chi connectivity index (χ1v) is 14.4. The number of carbonyl (C=O) groups is 2. The largest absolute Gasteiger partial charge is 0.378 e. The number of ether oxygens (including phenoxy) is 1. The van der Waals surface area contributed by atoms with E-state index in [1.54, 1.807) is 0 Å². The van der Waals surface area contributed by atoms with Crippen molar-refractivity contribution < 1.29 is 14.3 Å². The van der Waals surface area contributed by atoms with Crippen molar-refractivity contribution >= 4 is 39.9 Å². The van der Waals surface area contributed by atoms with Crippen molar-refractivity contribution in [2.75, 3.05) is 50.8 Å². The summed E-state index contributed by atoms with van der Waals surface area (Å²) in [7, 11) is 0. The molecule has 2 aromatic heterocycles. The summed E-state index contributed by atoms with van der Waals surface area (Å²) < 4.78 is 5.62. The Morgan fingerprint density at radius 2 is 1.89 bits per heavy atom. The molecule has 0 N–H and O–H groups in total. The van der Waals surface area contributed by atoms with Crippen molar-refractivity contribution in [1.29, 1.82) is 0 Å². The average molecular weight is 519 g/mol. The molecule has 0 unspecified atom stereocenters. The number of rotatable bonds is 8. The van der Waals surface area contributed by atoms with Gasteiger partial charge in [-0.1, -0.05) is 6.07 Å². The van der Waals surface area contributed by atoms with Crippen LogP contribution in [0.1, 0.15) is 52.0 Å². The van der Waals surface area contributed by atoms with E-state index in [4.69, 9.17) is 9.72 Å². The van der Waals surface area contributed by atoms with Gasteiger partial charge in [0.25, 0.3) is 5.91 Å². The molecule has 194 valence electrons. The highest BCUT2D eigenvalue weighted by molar-refractivity contribution is 7.12. The van der Waals surface area contributed by atoms with Crippen LogP contribution in [0.2, 0.25) is 0 Å². The summed E-state index contributed by atoms with van der Waals surface area (Å²) in [6.07, 6.45) is 5.81. The van der Waals surface area contributed by atoms with Crippen LogP contribution in [0.25, 0.3) is 10.9 Å². The number of aryl methyl sites for hydroxylation is 2. The van der Waals surface area contributed by atoms with Gasteiger partial charge in [0, 0.05) is 56.6 Å². The monoisotopic (exact) mass is 518 g/mol. The van der Waals surface area contributed by atoms with Crippen LogP contribution in [0.5, 0.6) is 0 Å². The number of carbonyl (C=O) groups excluding carboxylic acids is 2. The number of hydrogen-bond donors (Lipinski definition) is 0. The Labute approximate surface area is 222 Å². The number of aromatic nitrogens is 1. The number of fused-ring (bicyclic) bond motifs is 2.